The molecule has 0 amide bonds. The van der Waals surface area contributed by atoms with Gasteiger partial charge in [-0.3, -0.25) is 0 Å². The average molecular weight is 282 g/mol. The summed E-state index contributed by atoms with van der Waals surface area (Å²) in [5.41, 5.74) is 1.74. The van der Waals surface area contributed by atoms with Crippen molar-refractivity contribution in [1.29, 1.82) is 0 Å². The van der Waals surface area contributed by atoms with E-state index in [0.717, 1.165) is 21.4 Å². The van der Waals surface area contributed by atoms with Crippen LogP contribution in [-0.2, 0) is 11.8 Å². The van der Waals surface area contributed by atoms with E-state index in [4.69, 9.17) is 0 Å². The number of aliphatic hydroxyl groups excluding tert-OH is 1. The molecule has 0 aromatic carbocycles. The number of rotatable bonds is 3. The van der Waals surface area contributed by atoms with Gasteiger partial charge in [-0.2, -0.15) is 0 Å². The van der Waals surface area contributed by atoms with Gasteiger partial charge < -0.3 is 5.11 Å². The lowest BCUT2D eigenvalue weighted by Gasteiger charge is -2.14. The summed E-state index contributed by atoms with van der Waals surface area (Å²) in [5.74, 6) is 0. The average Bonchev–Trinajstić information content (AvgIpc) is 2.85. The molecule has 2 aromatic heterocycles. The van der Waals surface area contributed by atoms with Crippen LogP contribution in [0.15, 0.2) is 10.8 Å². The van der Waals surface area contributed by atoms with Crippen LogP contribution in [0.2, 0.25) is 0 Å². The molecule has 1 unspecified atom stereocenters. The summed E-state index contributed by atoms with van der Waals surface area (Å²) >= 11 is 3.22. The Hall–Kier alpha value is -0.780. The predicted molar refractivity (Wildman–Crippen MR) is 76.3 cm³/mol. The molecule has 98 valence electrons. The maximum Gasteiger partial charge on any atom is 0.102 e. The minimum atomic E-state index is -0.557. The molecule has 0 bridgehead atoms. The smallest absolute Gasteiger partial charge is 0.102 e. The van der Waals surface area contributed by atoms with Crippen molar-refractivity contribution < 1.29 is 5.11 Å². The van der Waals surface area contributed by atoms with Crippen molar-refractivity contribution in [3.63, 3.8) is 0 Å². The lowest BCUT2D eigenvalue weighted by atomic mass is 9.98. The highest BCUT2D eigenvalue weighted by Gasteiger charge is 2.21. The molecule has 18 heavy (non-hydrogen) atoms. The zero-order valence-corrected chi connectivity index (χ0v) is 12.7. The molecule has 0 fully saturated rings. The number of nitrogens with zero attached hydrogens (tertiary/aromatic N) is 2. The van der Waals surface area contributed by atoms with Gasteiger partial charge in [0.1, 0.15) is 6.10 Å². The van der Waals surface area contributed by atoms with Gasteiger partial charge in [0.05, 0.1) is 21.4 Å². The monoisotopic (exact) mass is 282 g/mol. The molecular weight excluding hydrogens is 264 g/mol. The molecule has 2 rings (SSSR count). The number of hydrogen-bond donors (Lipinski definition) is 1. The number of aromatic nitrogens is 2. The first-order valence-corrected chi connectivity index (χ1v) is 7.67. The Morgan fingerprint density at radius 1 is 1.22 bits per heavy atom. The molecular formula is C13H18N2OS2. The third kappa shape index (κ3) is 3.16. The number of aryl methyl sites for hydroxylation is 1. The first-order valence-electron chi connectivity index (χ1n) is 5.91. The van der Waals surface area contributed by atoms with Crippen LogP contribution < -0.4 is 0 Å². The molecule has 0 aliphatic heterocycles. The van der Waals surface area contributed by atoms with Gasteiger partial charge >= 0.3 is 0 Å². The summed E-state index contributed by atoms with van der Waals surface area (Å²) in [6.45, 7) is 8.37. The molecule has 2 heterocycles. The minimum Gasteiger partial charge on any atom is -0.386 e. The van der Waals surface area contributed by atoms with Crippen molar-refractivity contribution >= 4 is 22.7 Å². The minimum absolute atomic E-state index is 0.0415. The van der Waals surface area contributed by atoms with Gasteiger partial charge in [-0.05, 0) is 6.92 Å². The third-order valence-electron chi connectivity index (χ3n) is 2.57. The third-order valence-corrected chi connectivity index (χ3v) is 4.68. The molecule has 2 aromatic rings. The molecule has 1 N–H and O–H groups in total. The quantitative estimate of drug-likeness (QED) is 0.937. The van der Waals surface area contributed by atoms with E-state index in [1.54, 1.807) is 22.7 Å². The van der Waals surface area contributed by atoms with Crippen LogP contribution in [0.4, 0.5) is 0 Å². The van der Waals surface area contributed by atoms with Gasteiger partial charge in [-0.25, -0.2) is 9.97 Å². The first-order chi connectivity index (χ1) is 8.36. The van der Waals surface area contributed by atoms with E-state index in [1.165, 1.54) is 0 Å². The topological polar surface area (TPSA) is 46.0 Å². The summed E-state index contributed by atoms with van der Waals surface area (Å²) in [7, 11) is 0. The second kappa shape index (κ2) is 5.07. The summed E-state index contributed by atoms with van der Waals surface area (Å²) in [5, 5.41) is 16.2. The van der Waals surface area contributed by atoms with Crippen LogP contribution in [-0.4, -0.2) is 15.1 Å². The van der Waals surface area contributed by atoms with E-state index in [9.17, 15) is 5.11 Å². The first kappa shape index (κ1) is 13.6. The molecule has 1 atom stereocenters. The number of aliphatic hydroxyl groups is 1. The Morgan fingerprint density at radius 2 is 1.94 bits per heavy atom. The molecule has 0 aliphatic carbocycles. The summed E-state index contributed by atoms with van der Waals surface area (Å²) in [6.07, 6.45) is -0.0173. The predicted octanol–water partition coefficient (Wildman–Crippen LogP) is 3.48. The van der Waals surface area contributed by atoms with E-state index < -0.39 is 6.10 Å². The molecule has 5 heteroatoms. The molecule has 0 aliphatic rings. The van der Waals surface area contributed by atoms with Crippen LogP contribution in [0.1, 0.15) is 48.3 Å². The van der Waals surface area contributed by atoms with Gasteiger partial charge in [0.2, 0.25) is 0 Å². The zero-order chi connectivity index (χ0) is 13.3. The zero-order valence-electron chi connectivity index (χ0n) is 11.1. The van der Waals surface area contributed by atoms with Crippen molar-refractivity contribution in [2.45, 2.75) is 45.6 Å². The lowest BCUT2D eigenvalue weighted by Crippen LogP contribution is -2.11. The summed E-state index contributed by atoms with van der Waals surface area (Å²) < 4.78 is 0. The lowest BCUT2D eigenvalue weighted by molar-refractivity contribution is 0.173. The molecule has 0 saturated heterocycles. The Bertz CT molecular complexity index is 525. The van der Waals surface area contributed by atoms with Crippen molar-refractivity contribution in [1.82, 2.24) is 9.97 Å². The summed E-state index contributed by atoms with van der Waals surface area (Å²) in [6, 6.07) is 0. The van der Waals surface area contributed by atoms with Gasteiger partial charge in [0, 0.05) is 22.6 Å². The second-order valence-electron chi connectivity index (χ2n) is 5.41. The number of hydrogen-bond acceptors (Lipinski definition) is 5. The highest BCUT2D eigenvalue weighted by Crippen LogP contribution is 2.28. The van der Waals surface area contributed by atoms with Crippen molar-refractivity contribution in [2.75, 3.05) is 0 Å². The Balaban J connectivity index is 2.09. The Morgan fingerprint density at radius 3 is 2.44 bits per heavy atom. The Kier molecular flexibility index (Phi) is 3.84. The molecule has 0 spiro atoms. The van der Waals surface area contributed by atoms with Crippen molar-refractivity contribution in [2.24, 2.45) is 0 Å². The van der Waals surface area contributed by atoms with Crippen LogP contribution in [0.5, 0.6) is 0 Å². The SMILES string of the molecule is Cc1nc(CC(O)c2csc(C(C)(C)C)n2)cs1. The van der Waals surface area contributed by atoms with E-state index in [-0.39, 0.29) is 5.41 Å². The molecule has 0 saturated carbocycles. The van der Waals surface area contributed by atoms with Crippen LogP contribution in [0.3, 0.4) is 0 Å². The van der Waals surface area contributed by atoms with Crippen LogP contribution in [0.25, 0.3) is 0 Å². The van der Waals surface area contributed by atoms with Crippen LogP contribution in [0, 0.1) is 6.92 Å². The maximum absolute atomic E-state index is 10.2. The Labute approximate surface area is 116 Å². The van der Waals surface area contributed by atoms with Gasteiger partial charge in [-0.15, -0.1) is 22.7 Å². The normalized spacial score (nSPS) is 13.8. The van der Waals surface area contributed by atoms with Gasteiger partial charge in [0.15, 0.2) is 0 Å². The van der Waals surface area contributed by atoms with Gasteiger partial charge in [-0.1, -0.05) is 20.8 Å². The fourth-order valence-corrected chi connectivity index (χ4v) is 3.17. The van der Waals surface area contributed by atoms with E-state index in [0.29, 0.717) is 6.42 Å². The maximum atomic E-state index is 10.2. The fourth-order valence-electron chi connectivity index (χ4n) is 1.59. The van der Waals surface area contributed by atoms with Gasteiger partial charge in [0.25, 0.3) is 0 Å². The largest absolute Gasteiger partial charge is 0.386 e. The van der Waals surface area contributed by atoms with Crippen LogP contribution >= 0.6 is 22.7 Å². The highest BCUT2D eigenvalue weighted by molar-refractivity contribution is 7.10. The molecule has 3 nitrogen and oxygen atoms in total. The highest BCUT2D eigenvalue weighted by atomic mass is 32.1. The van der Waals surface area contributed by atoms with Crippen molar-refractivity contribution in [3.05, 3.63) is 32.2 Å². The van der Waals surface area contributed by atoms with E-state index >= 15 is 0 Å². The van der Waals surface area contributed by atoms with Crippen molar-refractivity contribution in [3.8, 4) is 0 Å². The summed E-state index contributed by atoms with van der Waals surface area (Å²) in [4.78, 5) is 8.89. The molecule has 0 radical (unpaired) electrons. The second-order valence-corrected chi connectivity index (χ2v) is 7.33. The van der Waals surface area contributed by atoms with E-state index in [2.05, 4.69) is 30.7 Å². The fraction of sp³-hybridized carbons (Fsp3) is 0.538. The standard InChI is InChI=1S/C13H18N2OS2/c1-8-14-9(6-17-8)5-11(16)10-7-18-12(15-10)13(2,3)4/h6-7,11,16H,5H2,1-4H3. The van der Waals surface area contributed by atoms with E-state index in [1.807, 2.05) is 17.7 Å². The number of thiazole rings is 2.